The van der Waals surface area contributed by atoms with Crippen LogP contribution in [0.4, 0.5) is 0 Å². The zero-order chi connectivity index (χ0) is 7.11. The maximum Gasteiger partial charge on any atom is 0.318 e. The van der Waals surface area contributed by atoms with Gasteiger partial charge in [0.1, 0.15) is 0 Å². The minimum atomic E-state index is -1.59. The van der Waals surface area contributed by atoms with E-state index in [1.807, 2.05) is 13.8 Å². The largest absolute Gasteiger partial charge is 0.413 e. The Morgan fingerprint density at radius 1 is 1.33 bits per heavy atom. The van der Waals surface area contributed by atoms with Gasteiger partial charge < -0.3 is 9.22 Å². The Bertz CT molecular complexity index is 53.0. The smallest absolute Gasteiger partial charge is 0.318 e. The number of hydrogen-bond donors (Lipinski definition) is 1. The summed E-state index contributed by atoms with van der Waals surface area (Å²) in [6.45, 7) is 4.80. The first-order valence-corrected chi connectivity index (χ1v) is 5.50. The molecule has 0 aromatic carbocycles. The Morgan fingerprint density at radius 3 is 2.22 bits per heavy atom. The molecule has 56 valence electrons. The van der Waals surface area contributed by atoms with Gasteiger partial charge in [-0.15, -0.1) is 0 Å². The summed E-state index contributed by atoms with van der Waals surface area (Å²) < 4.78 is 4.97. The van der Waals surface area contributed by atoms with Gasteiger partial charge in [-0.3, -0.25) is 0 Å². The van der Waals surface area contributed by atoms with Crippen molar-refractivity contribution in [1.82, 2.24) is 0 Å². The van der Waals surface area contributed by atoms with E-state index in [0.29, 0.717) is 0 Å². The quantitative estimate of drug-likeness (QED) is 0.520. The molecule has 9 heavy (non-hydrogen) atoms. The maximum absolute atomic E-state index is 8.83. The molecule has 1 heterocycles. The summed E-state index contributed by atoms with van der Waals surface area (Å²) in [6.07, 6.45) is 2.32. The van der Waals surface area contributed by atoms with E-state index in [1.165, 1.54) is 6.42 Å². The molecule has 0 radical (unpaired) electrons. The van der Waals surface area contributed by atoms with Crippen LogP contribution in [0.25, 0.3) is 0 Å². The van der Waals surface area contributed by atoms with Crippen LogP contribution in [0.1, 0.15) is 26.7 Å². The highest BCUT2D eigenvalue weighted by Crippen LogP contribution is 2.07. The Balaban J connectivity index is 0.000000291. The van der Waals surface area contributed by atoms with E-state index >= 15 is 0 Å². The molecule has 0 aromatic rings. The highest BCUT2D eigenvalue weighted by Gasteiger charge is 2.11. The van der Waals surface area contributed by atoms with Crippen LogP contribution < -0.4 is 0 Å². The van der Waals surface area contributed by atoms with Crippen LogP contribution in [0, 0.1) is 0 Å². The zero-order valence-corrected chi connectivity index (χ0v) is 7.42. The first-order chi connectivity index (χ1) is 4.39. The fourth-order valence-corrected chi connectivity index (χ4v) is 1.97. The molecule has 1 fully saturated rings. The highest BCUT2D eigenvalue weighted by atomic mass is 28.3. The Hall–Kier alpha value is 0.137. The van der Waals surface area contributed by atoms with Crippen molar-refractivity contribution in [1.29, 1.82) is 0 Å². The van der Waals surface area contributed by atoms with E-state index in [-0.39, 0.29) is 0 Å². The van der Waals surface area contributed by atoms with E-state index in [1.54, 1.807) is 0 Å². The summed E-state index contributed by atoms with van der Waals surface area (Å²) in [5.41, 5.74) is 0. The standard InChI is InChI=1S/C4H10O2Si.C2H6/c5-7-4-2-1-3-6-7;1-2/h5,7H,1-4H2;1-2H3. The van der Waals surface area contributed by atoms with Gasteiger partial charge in [0, 0.05) is 6.61 Å². The predicted molar refractivity (Wildman–Crippen MR) is 40.7 cm³/mol. The van der Waals surface area contributed by atoms with Gasteiger partial charge in [-0.2, -0.15) is 0 Å². The number of hydrogen-bond acceptors (Lipinski definition) is 2. The molecule has 0 amide bonds. The summed E-state index contributed by atoms with van der Waals surface area (Å²) >= 11 is 0. The molecule has 1 saturated heterocycles. The lowest BCUT2D eigenvalue weighted by molar-refractivity contribution is 0.231. The van der Waals surface area contributed by atoms with Gasteiger partial charge in [0.2, 0.25) is 0 Å². The molecule has 1 unspecified atom stereocenters. The van der Waals surface area contributed by atoms with Crippen LogP contribution in [0.3, 0.4) is 0 Å². The van der Waals surface area contributed by atoms with Crippen molar-refractivity contribution in [2.24, 2.45) is 0 Å². The van der Waals surface area contributed by atoms with Crippen molar-refractivity contribution < 1.29 is 9.22 Å². The molecular formula is C6H16O2Si. The lowest BCUT2D eigenvalue weighted by Crippen LogP contribution is -2.22. The fraction of sp³-hybridized carbons (Fsp3) is 1.00. The van der Waals surface area contributed by atoms with Crippen molar-refractivity contribution in [3.63, 3.8) is 0 Å². The minimum Gasteiger partial charge on any atom is -0.413 e. The Morgan fingerprint density at radius 2 is 2.00 bits per heavy atom. The lowest BCUT2D eigenvalue weighted by Gasteiger charge is -2.14. The second kappa shape index (κ2) is 6.26. The third-order valence-electron chi connectivity index (χ3n) is 1.16. The van der Waals surface area contributed by atoms with Crippen LogP contribution in [-0.4, -0.2) is 20.7 Å². The molecule has 0 bridgehead atoms. The van der Waals surface area contributed by atoms with Gasteiger partial charge in [0.25, 0.3) is 0 Å². The molecule has 0 spiro atoms. The van der Waals surface area contributed by atoms with Gasteiger partial charge in [-0.05, 0) is 18.9 Å². The molecule has 1 aliphatic rings. The van der Waals surface area contributed by atoms with Crippen LogP contribution in [0.5, 0.6) is 0 Å². The number of rotatable bonds is 0. The monoisotopic (exact) mass is 148 g/mol. The van der Waals surface area contributed by atoms with Gasteiger partial charge in [-0.25, -0.2) is 0 Å². The van der Waals surface area contributed by atoms with Crippen molar-refractivity contribution in [3.8, 4) is 0 Å². The van der Waals surface area contributed by atoms with E-state index in [0.717, 1.165) is 19.1 Å². The minimum absolute atomic E-state index is 0.799. The maximum atomic E-state index is 8.83. The van der Waals surface area contributed by atoms with Crippen molar-refractivity contribution in [3.05, 3.63) is 0 Å². The third-order valence-corrected chi connectivity index (χ3v) is 2.68. The van der Waals surface area contributed by atoms with Crippen LogP contribution in [0.2, 0.25) is 6.04 Å². The molecule has 1 aliphatic heterocycles. The third kappa shape index (κ3) is 4.63. The topological polar surface area (TPSA) is 29.5 Å². The van der Waals surface area contributed by atoms with Gasteiger partial charge in [0.15, 0.2) is 0 Å². The molecule has 3 heteroatoms. The first-order valence-electron chi connectivity index (χ1n) is 3.69. The Labute approximate surface area is 58.7 Å². The summed E-state index contributed by atoms with van der Waals surface area (Å²) in [5, 5.41) is 0. The van der Waals surface area contributed by atoms with E-state index in [9.17, 15) is 0 Å². The fourth-order valence-electron chi connectivity index (χ4n) is 0.724. The van der Waals surface area contributed by atoms with Crippen molar-refractivity contribution in [2.45, 2.75) is 32.7 Å². The van der Waals surface area contributed by atoms with Gasteiger partial charge in [0.05, 0.1) is 0 Å². The van der Waals surface area contributed by atoms with E-state index in [4.69, 9.17) is 9.22 Å². The van der Waals surface area contributed by atoms with Gasteiger partial charge >= 0.3 is 9.28 Å². The summed E-state index contributed by atoms with van der Waals surface area (Å²) in [6, 6.07) is 0.958. The van der Waals surface area contributed by atoms with Crippen LogP contribution >= 0.6 is 0 Å². The summed E-state index contributed by atoms with van der Waals surface area (Å²) in [7, 11) is -1.59. The highest BCUT2D eigenvalue weighted by molar-refractivity contribution is 6.42. The molecule has 2 nitrogen and oxygen atoms in total. The normalized spacial score (nSPS) is 26.3. The zero-order valence-electron chi connectivity index (χ0n) is 6.26. The average molecular weight is 148 g/mol. The Kier molecular flexibility index (Phi) is 6.35. The van der Waals surface area contributed by atoms with Crippen LogP contribution in [-0.2, 0) is 4.43 Å². The lowest BCUT2D eigenvalue weighted by atomic mass is 10.4. The molecule has 0 aliphatic carbocycles. The van der Waals surface area contributed by atoms with Crippen molar-refractivity contribution >= 4 is 9.28 Å². The SMILES string of the molecule is CC.O[SiH]1CCCCO1. The molecule has 1 rings (SSSR count). The second-order valence-electron chi connectivity index (χ2n) is 1.82. The van der Waals surface area contributed by atoms with E-state index in [2.05, 4.69) is 0 Å². The predicted octanol–water partition coefficient (Wildman–Crippen LogP) is 1.04. The molecule has 0 saturated carbocycles. The molecular weight excluding hydrogens is 132 g/mol. The summed E-state index contributed by atoms with van der Waals surface area (Å²) in [4.78, 5) is 8.83. The van der Waals surface area contributed by atoms with Crippen molar-refractivity contribution in [2.75, 3.05) is 6.61 Å². The molecule has 0 aromatic heterocycles. The first kappa shape index (κ1) is 9.14. The molecule has 1 atom stereocenters. The molecule has 1 N–H and O–H groups in total. The van der Waals surface area contributed by atoms with Crippen LogP contribution in [0.15, 0.2) is 0 Å². The van der Waals surface area contributed by atoms with Gasteiger partial charge in [-0.1, -0.05) is 13.8 Å². The average Bonchev–Trinajstić information content (AvgIpc) is 1.94. The second-order valence-corrected chi connectivity index (χ2v) is 3.64. The summed E-state index contributed by atoms with van der Waals surface area (Å²) in [5.74, 6) is 0. The van der Waals surface area contributed by atoms with E-state index < -0.39 is 9.28 Å².